The van der Waals surface area contributed by atoms with Crippen LogP contribution in [-0.2, 0) is 0 Å². The summed E-state index contributed by atoms with van der Waals surface area (Å²) in [5.41, 5.74) is 2.25. The van der Waals surface area contributed by atoms with Crippen molar-refractivity contribution in [2.45, 2.75) is 6.92 Å². The molecule has 0 saturated heterocycles. The first kappa shape index (κ1) is 14.4. The standard InChI is InChI=1S/C16H15ClO3/c1-10(18)12-8-7-11(9-14(12)17)13-5-4-6-15(19-2)16(13)20-3/h4-9H,1-3H3. The van der Waals surface area contributed by atoms with E-state index in [0.717, 1.165) is 11.1 Å². The lowest BCUT2D eigenvalue weighted by atomic mass is 10.0. The second kappa shape index (κ2) is 5.97. The molecule has 0 aliphatic rings. The summed E-state index contributed by atoms with van der Waals surface area (Å²) < 4.78 is 10.7. The molecule has 0 unspecified atom stereocenters. The van der Waals surface area contributed by atoms with E-state index in [1.165, 1.54) is 6.92 Å². The van der Waals surface area contributed by atoms with E-state index in [0.29, 0.717) is 22.1 Å². The van der Waals surface area contributed by atoms with E-state index in [1.54, 1.807) is 26.4 Å². The van der Waals surface area contributed by atoms with Gasteiger partial charge in [-0.05, 0) is 30.7 Å². The summed E-state index contributed by atoms with van der Waals surface area (Å²) >= 11 is 6.15. The van der Waals surface area contributed by atoms with Crippen LogP contribution in [0.25, 0.3) is 11.1 Å². The third-order valence-corrected chi connectivity index (χ3v) is 3.38. The monoisotopic (exact) mass is 290 g/mol. The lowest BCUT2D eigenvalue weighted by Crippen LogP contribution is -1.95. The van der Waals surface area contributed by atoms with Gasteiger partial charge in [0, 0.05) is 11.1 Å². The smallest absolute Gasteiger partial charge is 0.168 e. The van der Waals surface area contributed by atoms with Crippen LogP contribution in [0.4, 0.5) is 0 Å². The predicted octanol–water partition coefficient (Wildman–Crippen LogP) is 4.23. The van der Waals surface area contributed by atoms with Crippen LogP contribution >= 0.6 is 11.6 Å². The number of halogens is 1. The largest absolute Gasteiger partial charge is 0.493 e. The summed E-state index contributed by atoms with van der Waals surface area (Å²) in [6, 6.07) is 11.0. The highest BCUT2D eigenvalue weighted by molar-refractivity contribution is 6.34. The first-order valence-corrected chi connectivity index (χ1v) is 6.48. The average Bonchev–Trinajstić information content (AvgIpc) is 2.45. The number of benzene rings is 2. The molecule has 0 bridgehead atoms. The van der Waals surface area contributed by atoms with Gasteiger partial charge in [-0.15, -0.1) is 0 Å². The van der Waals surface area contributed by atoms with Gasteiger partial charge >= 0.3 is 0 Å². The Kier molecular flexibility index (Phi) is 4.30. The molecule has 2 aromatic carbocycles. The molecule has 0 aromatic heterocycles. The van der Waals surface area contributed by atoms with Gasteiger partial charge in [-0.1, -0.05) is 29.8 Å². The van der Waals surface area contributed by atoms with E-state index < -0.39 is 0 Å². The van der Waals surface area contributed by atoms with Crippen molar-refractivity contribution in [1.29, 1.82) is 0 Å². The highest BCUT2D eigenvalue weighted by Crippen LogP contribution is 2.38. The average molecular weight is 291 g/mol. The van der Waals surface area contributed by atoms with Gasteiger partial charge in [-0.2, -0.15) is 0 Å². The van der Waals surface area contributed by atoms with Gasteiger partial charge in [0.25, 0.3) is 0 Å². The molecule has 20 heavy (non-hydrogen) atoms. The maximum absolute atomic E-state index is 11.4. The predicted molar refractivity (Wildman–Crippen MR) is 80.0 cm³/mol. The van der Waals surface area contributed by atoms with Crippen LogP contribution in [-0.4, -0.2) is 20.0 Å². The summed E-state index contributed by atoms with van der Waals surface area (Å²) in [6.07, 6.45) is 0. The van der Waals surface area contributed by atoms with Crippen molar-refractivity contribution < 1.29 is 14.3 Å². The van der Waals surface area contributed by atoms with Crippen molar-refractivity contribution in [2.75, 3.05) is 14.2 Å². The van der Waals surface area contributed by atoms with Crippen molar-refractivity contribution in [3.8, 4) is 22.6 Å². The lowest BCUT2D eigenvalue weighted by molar-refractivity contribution is 0.101. The Morgan fingerprint density at radius 2 is 1.85 bits per heavy atom. The first-order valence-electron chi connectivity index (χ1n) is 6.10. The van der Waals surface area contributed by atoms with Crippen LogP contribution in [0.15, 0.2) is 36.4 Å². The second-order valence-corrected chi connectivity index (χ2v) is 4.70. The minimum absolute atomic E-state index is 0.0563. The molecule has 0 fully saturated rings. The van der Waals surface area contributed by atoms with E-state index in [-0.39, 0.29) is 5.78 Å². The third kappa shape index (κ3) is 2.63. The van der Waals surface area contributed by atoms with Crippen LogP contribution in [0, 0.1) is 0 Å². The minimum Gasteiger partial charge on any atom is -0.493 e. The van der Waals surface area contributed by atoms with Crippen molar-refractivity contribution in [3.63, 3.8) is 0 Å². The van der Waals surface area contributed by atoms with Crippen molar-refractivity contribution in [3.05, 3.63) is 47.0 Å². The number of carbonyl (C=O) groups excluding carboxylic acids is 1. The summed E-state index contributed by atoms with van der Waals surface area (Å²) in [4.78, 5) is 11.4. The van der Waals surface area contributed by atoms with Gasteiger partial charge in [-0.25, -0.2) is 0 Å². The highest BCUT2D eigenvalue weighted by Gasteiger charge is 2.13. The number of ketones is 1. The number of methoxy groups -OCH3 is 2. The maximum atomic E-state index is 11.4. The number of ether oxygens (including phenoxy) is 2. The van der Waals surface area contributed by atoms with Crippen molar-refractivity contribution >= 4 is 17.4 Å². The second-order valence-electron chi connectivity index (χ2n) is 4.29. The van der Waals surface area contributed by atoms with Crippen LogP contribution in [0.1, 0.15) is 17.3 Å². The molecule has 0 radical (unpaired) electrons. The highest BCUT2D eigenvalue weighted by atomic mass is 35.5. The summed E-state index contributed by atoms with van der Waals surface area (Å²) in [6.45, 7) is 1.49. The zero-order valence-electron chi connectivity index (χ0n) is 11.6. The topological polar surface area (TPSA) is 35.5 Å². The molecule has 0 atom stereocenters. The van der Waals surface area contributed by atoms with Gasteiger partial charge in [0.05, 0.1) is 19.2 Å². The quantitative estimate of drug-likeness (QED) is 0.791. The van der Waals surface area contributed by atoms with E-state index in [9.17, 15) is 4.79 Å². The Balaban J connectivity index is 2.57. The van der Waals surface area contributed by atoms with Gasteiger partial charge in [0.2, 0.25) is 0 Å². The van der Waals surface area contributed by atoms with E-state index in [2.05, 4.69) is 0 Å². The molecular formula is C16H15ClO3. The molecule has 0 N–H and O–H groups in total. The van der Waals surface area contributed by atoms with Crippen LogP contribution in [0.3, 0.4) is 0 Å². The Morgan fingerprint density at radius 1 is 1.10 bits per heavy atom. The molecule has 0 saturated carbocycles. The fourth-order valence-electron chi connectivity index (χ4n) is 2.08. The van der Waals surface area contributed by atoms with Gasteiger partial charge in [-0.3, -0.25) is 4.79 Å². The molecule has 0 amide bonds. The molecule has 0 heterocycles. The fourth-order valence-corrected chi connectivity index (χ4v) is 2.40. The normalized spacial score (nSPS) is 10.2. The fraction of sp³-hybridized carbons (Fsp3) is 0.188. The number of para-hydroxylation sites is 1. The summed E-state index contributed by atoms with van der Waals surface area (Å²) in [5.74, 6) is 1.23. The number of hydrogen-bond donors (Lipinski definition) is 0. The molecule has 2 aromatic rings. The molecule has 2 rings (SSSR count). The Morgan fingerprint density at radius 3 is 2.40 bits per heavy atom. The molecule has 3 nitrogen and oxygen atoms in total. The first-order chi connectivity index (χ1) is 9.58. The van der Waals surface area contributed by atoms with E-state index in [4.69, 9.17) is 21.1 Å². The molecule has 0 spiro atoms. The number of Topliss-reactive ketones (excluding diaryl/α,β-unsaturated/α-hetero) is 1. The van der Waals surface area contributed by atoms with Gasteiger partial charge < -0.3 is 9.47 Å². The SMILES string of the molecule is COc1cccc(-c2ccc(C(C)=O)c(Cl)c2)c1OC. The molecule has 4 heteroatoms. The zero-order valence-corrected chi connectivity index (χ0v) is 12.3. The number of rotatable bonds is 4. The van der Waals surface area contributed by atoms with Crippen LogP contribution < -0.4 is 9.47 Å². The van der Waals surface area contributed by atoms with E-state index in [1.807, 2.05) is 24.3 Å². The Hall–Kier alpha value is -2.00. The maximum Gasteiger partial charge on any atom is 0.168 e. The van der Waals surface area contributed by atoms with Crippen molar-refractivity contribution in [1.82, 2.24) is 0 Å². The van der Waals surface area contributed by atoms with Gasteiger partial charge in [0.15, 0.2) is 17.3 Å². The van der Waals surface area contributed by atoms with Gasteiger partial charge in [0.1, 0.15) is 0 Å². The summed E-state index contributed by atoms with van der Waals surface area (Å²) in [7, 11) is 3.18. The van der Waals surface area contributed by atoms with Crippen molar-refractivity contribution in [2.24, 2.45) is 0 Å². The minimum atomic E-state index is -0.0563. The number of hydrogen-bond acceptors (Lipinski definition) is 3. The van der Waals surface area contributed by atoms with Crippen LogP contribution in [0.2, 0.25) is 5.02 Å². The number of carbonyl (C=O) groups is 1. The Bertz CT molecular complexity index is 650. The van der Waals surface area contributed by atoms with Crippen LogP contribution in [0.5, 0.6) is 11.5 Å². The lowest BCUT2D eigenvalue weighted by Gasteiger charge is -2.13. The molecule has 104 valence electrons. The zero-order chi connectivity index (χ0) is 14.7. The molecule has 0 aliphatic heterocycles. The molecular weight excluding hydrogens is 276 g/mol. The third-order valence-electron chi connectivity index (χ3n) is 3.06. The summed E-state index contributed by atoms with van der Waals surface area (Å²) in [5, 5.41) is 0.430. The molecule has 0 aliphatic carbocycles. The Labute approximate surface area is 123 Å². The van der Waals surface area contributed by atoms with E-state index >= 15 is 0 Å².